The van der Waals surface area contributed by atoms with Crippen molar-refractivity contribution in [3.05, 3.63) is 57.1 Å². The normalized spacial score (nSPS) is 21.5. The van der Waals surface area contributed by atoms with Crippen molar-refractivity contribution >= 4 is 28.9 Å². The zero-order valence-electron chi connectivity index (χ0n) is 14.9. The number of rotatable bonds is 3. The highest BCUT2D eigenvalue weighted by atomic mass is 35.5. The number of benzene rings is 2. The molecule has 5 heteroatoms. The summed E-state index contributed by atoms with van der Waals surface area (Å²) in [6, 6.07) is 9.96. The predicted molar refractivity (Wildman–Crippen MR) is 107 cm³/mol. The molecule has 1 aliphatic heterocycles. The van der Waals surface area contributed by atoms with Crippen LogP contribution in [0.25, 0.3) is 0 Å². The smallest absolute Gasteiger partial charge is 0.161 e. The summed E-state index contributed by atoms with van der Waals surface area (Å²) >= 11 is 13.0. The third-order valence-corrected chi connectivity index (χ3v) is 6.06. The van der Waals surface area contributed by atoms with Crippen molar-refractivity contribution in [1.82, 2.24) is 0 Å². The molecule has 0 aromatic heterocycles. The fourth-order valence-corrected chi connectivity index (χ4v) is 4.77. The molecular weight excluding hydrogens is 369 g/mol. The van der Waals surface area contributed by atoms with E-state index in [2.05, 4.69) is 6.07 Å². The summed E-state index contributed by atoms with van der Waals surface area (Å²) in [6.45, 7) is 0. The molecule has 0 saturated heterocycles. The molecule has 0 unspecified atom stereocenters. The fourth-order valence-electron chi connectivity index (χ4n) is 4.19. The van der Waals surface area contributed by atoms with Gasteiger partial charge in [-0.2, -0.15) is 0 Å². The Morgan fingerprint density at radius 2 is 1.62 bits per heavy atom. The Labute approximate surface area is 163 Å². The minimum Gasteiger partial charge on any atom is -0.493 e. The number of halogens is 2. The van der Waals surface area contributed by atoms with Gasteiger partial charge in [-0.25, -0.2) is 0 Å². The van der Waals surface area contributed by atoms with Gasteiger partial charge in [0, 0.05) is 17.0 Å². The predicted octanol–water partition coefficient (Wildman–Crippen LogP) is 5.89. The first-order valence-corrected chi connectivity index (χ1v) is 9.68. The average molecular weight is 390 g/mol. The van der Waals surface area contributed by atoms with Crippen molar-refractivity contribution < 1.29 is 9.47 Å². The Morgan fingerprint density at radius 1 is 0.962 bits per heavy atom. The van der Waals surface area contributed by atoms with E-state index in [0.29, 0.717) is 21.7 Å². The molecule has 2 aromatic carbocycles. The maximum absolute atomic E-state index is 6.52. The van der Waals surface area contributed by atoms with Gasteiger partial charge in [0.15, 0.2) is 11.5 Å². The number of methoxy groups -OCH3 is 2. The van der Waals surface area contributed by atoms with E-state index >= 15 is 0 Å². The molecule has 0 bridgehead atoms. The van der Waals surface area contributed by atoms with Crippen molar-refractivity contribution in [2.75, 3.05) is 14.2 Å². The summed E-state index contributed by atoms with van der Waals surface area (Å²) in [4.78, 5) is 5.12. The standard InChI is InChI=1S/C21H21Cl2NO2/c1-25-18-10-13-12-6-3-4-9-17(12)24-21(14(13)11-19(18)26-2)20-15(22)7-5-8-16(20)23/h5,7-8,10-12,17H,3-4,6,9H2,1-2H3/t12-,17-/m1/s1. The summed E-state index contributed by atoms with van der Waals surface area (Å²) in [5.74, 6) is 1.85. The lowest BCUT2D eigenvalue weighted by atomic mass is 9.75. The number of hydrogen-bond donors (Lipinski definition) is 0. The van der Waals surface area contributed by atoms with E-state index in [1.165, 1.54) is 18.4 Å². The topological polar surface area (TPSA) is 30.8 Å². The SMILES string of the molecule is COc1cc2c(cc1OC)[C@H]1CCCC[C@H]1N=C2c1c(Cl)cccc1Cl. The van der Waals surface area contributed by atoms with Crippen LogP contribution in [0.5, 0.6) is 11.5 Å². The summed E-state index contributed by atoms with van der Waals surface area (Å²) in [6.07, 6.45) is 4.66. The molecule has 1 aliphatic carbocycles. The molecule has 1 heterocycles. The Bertz CT molecular complexity index is 858. The summed E-state index contributed by atoms with van der Waals surface area (Å²) in [5.41, 5.74) is 3.96. The molecule has 26 heavy (non-hydrogen) atoms. The van der Waals surface area contributed by atoms with Gasteiger partial charge in [-0.05, 0) is 42.7 Å². The van der Waals surface area contributed by atoms with Crippen molar-refractivity contribution in [3.63, 3.8) is 0 Å². The molecule has 1 saturated carbocycles. The van der Waals surface area contributed by atoms with Crippen LogP contribution in [-0.4, -0.2) is 26.0 Å². The van der Waals surface area contributed by atoms with Crippen LogP contribution in [0.1, 0.15) is 48.3 Å². The van der Waals surface area contributed by atoms with Gasteiger partial charge in [-0.1, -0.05) is 42.1 Å². The molecule has 136 valence electrons. The summed E-state index contributed by atoms with van der Waals surface area (Å²) in [7, 11) is 3.32. The van der Waals surface area contributed by atoms with Gasteiger partial charge in [0.05, 0.1) is 36.0 Å². The largest absolute Gasteiger partial charge is 0.493 e. The van der Waals surface area contributed by atoms with Crippen molar-refractivity contribution in [2.24, 2.45) is 4.99 Å². The van der Waals surface area contributed by atoms with Gasteiger partial charge < -0.3 is 9.47 Å². The zero-order valence-corrected chi connectivity index (χ0v) is 16.4. The molecule has 0 radical (unpaired) electrons. The minimum atomic E-state index is 0.261. The molecule has 0 amide bonds. The van der Waals surface area contributed by atoms with Crippen molar-refractivity contribution in [3.8, 4) is 11.5 Å². The van der Waals surface area contributed by atoms with Crippen LogP contribution >= 0.6 is 23.2 Å². The van der Waals surface area contributed by atoms with Crippen LogP contribution < -0.4 is 9.47 Å². The first kappa shape index (κ1) is 17.7. The molecular formula is C21H21Cl2NO2. The number of aliphatic imine (C=N–C) groups is 1. The van der Waals surface area contributed by atoms with Crippen LogP contribution in [0.2, 0.25) is 10.0 Å². The second kappa shape index (κ2) is 7.13. The second-order valence-corrected chi connectivity index (χ2v) is 7.64. The highest BCUT2D eigenvalue weighted by Gasteiger charge is 2.35. The lowest BCUT2D eigenvalue weighted by Crippen LogP contribution is -2.29. The maximum atomic E-state index is 6.52. The Balaban J connectivity index is 1.97. The van der Waals surface area contributed by atoms with E-state index in [-0.39, 0.29) is 6.04 Å². The third kappa shape index (κ3) is 2.87. The molecule has 2 aliphatic rings. The Kier molecular flexibility index (Phi) is 4.85. The van der Waals surface area contributed by atoms with Crippen molar-refractivity contribution in [1.29, 1.82) is 0 Å². The van der Waals surface area contributed by atoms with E-state index in [9.17, 15) is 0 Å². The molecule has 4 rings (SSSR count). The van der Waals surface area contributed by atoms with E-state index < -0.39 is 0 Å². The van der Waals surface area contributed by atoms with Crippen LogP contribution in [0, 0.1) is 0 Å². The highest BCUT2D eigenvalue weighted by molar-refractivity contribution is 6.41. The summed E-state index contributed by atoms with van der Waals surface area (Å²) < 4.78 is 11.1. The molecule has 2 aromatic rings. The number of fused-ring (bicyclic) bond motifs is 3. The molecule has 0 spiro atoms. The Hall–Kier alpha value is -1.71. The maximum Gasteiger partial charge on any atom is 0.161 e. The first-order chi connectivity index (χ1) is 12.6. The molecule has 1 fully saturated rings. The summed E-state index contributed by atoms with van der Waals surface area (Å²) in [5, 5.41) is 1.23. The van der Waals surface area contributed by atoms with Gasteiger partial charge in [0.1, 0.15) is 0 Å². The first-order valence-electron chi connectivity index (χ1n) is 8.92. The lowest BCUT2D eigenvalue weighted by Gasteiger charge is -2.36. The van der Waals surface area contributed by atoms with Crippen molar-refractivity contribution in [2.45, 2.75) is 37.6 Å². The minimum absolute atomic E-state index is 0.261. The Morgan fingerprint density at radius 3 is 2.31 bits per heavy atom. The van der Waals surface area contributed by atoms with Gasteiger partial charge in [0.25, 0.3) is 0 Å². The van der Waals surface area contributed by atoms with Crippen LogP contribution in [0.3, 0.4) is 0 Å². The van der Waals surface area contributed by atoms with Gasteiger partial charge in [0.2, 0.25) is 0 Å². The van der Waals surface area contributed by atoms with Crippen LogP contribution in [-0.2, 0) is 0 Å². The number of nitrogens with zero attached hydrogens (tertiary/aromatic N) is 1. The third-order valence-electron chi connectivity index (χ3n) is 5.43. The van der Waals surface area contributed by atoms with Gasteiger partial charge in [-0.3, -0.25) is 4.99 Å². The lowest BCUT2D eigenvalue weighted by molar-refractivity contribution is 0.349. The zero-order chi connectivity index (χ0) is 18.3. The average Bonchev–Trinajstić information content (AvgIpc) is 2.66. The van der Waals surface area contributed by atoms with Crippen LogP contribution in [0.15, 0.2) is 35.3 Å². The van der Waals surface area contributed by atoms with Gasteiger partial charge in [-0.15, -0.1) is 0 Å². The quantitative estimate of drug-likeness (QED) is 0.655. The highest BCUT2D eigenvalue weighted by Crippen LogP contribution is 2.45. The van der Waals surface area contributed by atoms with Gasteiger partial charge >= 0.3 is 0 Å². The monoisotopic (exact) mass is 389 g/mol. The van der Waals surface area contributed by atoms with E-state index in [1.54, 1.807) is 14.2 Å². The number of hydrogen-bond acceptors (Lipinski definition) is 3. The molecule has 0 N–H and O–H groups in total. The molecule has 2 atom stereocenters. The van der Waals surface area contributed by atoms with E-state index in [4.69, 9.17) is 37.7 Å². The number of ether oxygens (including phenoxy) is 2. The van der Waals surface area contributed by atoms with E-state index in [0.717, 1.165) is 35.4 Å². The molecule has 3 nitrogen and oxygen atoms in total. The van der Waals surface area contributed by atoms with E-state index in [1.807, 2.05) is 24.3 Å². The van der Waals surface area contributed by atoms with Crippen LogP contribution in [0.4, 0.5) is 0 Å². The fraction of sp³-hybridized carbons (Fsp3) is 0.381. The second-order valence-electron chi connectivity index (χ2n) is 6.83.